The molecule has 0 radical (unpaired) electrons. The van der Waals surface area contributed by atoms with E-state index in [4.69, 9.17) is 15.0 Å². The van der Waals surface area contributed by atoms with Crippen molar-refractivity contribution in [3.05, 3.63) is 30.6 Å². The van der Waals surface area contributed by atoms with Crippen molar-refractivity contribution in [3.63, 3.8) is 0 Å². The minimum atomic E-state index is 0.457. The molecule has 1 aliphatic carbocycles. The summed E-state index contributed by atoms with van der Waals surface area (Å²) in [4.78, 5) is 19.2. The van der Waals surface area contributed by atoms with E-state index < -0.39 is 0 Å². The van der Waals surface area contributed by atoms with Crippen molar-refractivity contribution in [2.45, 2.75) is 77.9 Å². The fourth-order valence-electron chi connectivity index (χ4n) is 5.13. The molecule has 2 aromatic heterocycles. The Hall–Kier alpha value is -2.87. The highest BCUT2D eigenvalue weighted by atomic mass is 15.2. The second kappa shape index (κ2) is 11.2. The molecule has 3 aromatic rings. The number of fused-ring (bicyclic) bond motifs is 1. The summed E-state index contributed by atoms with van der Waals surface area (Å²) in [6, 6.07) is 9.75. The lowest BCUT2D eigenvalue weighted by molar-refractivity contribution is 0.182. The molecule has 0 bridgehead atoms. The van der Waals surface area contributed by atoms with Crippen molar-refractivity contribution >= 4 is 34.3 Å². The third kappa shape index (κ3) is 6.04. The van der Waals surface area contributed by atoms with Crippen LogP contribution in [0.5, 0.6) is 0 Å². The van der Waals surface area contributed by atoms with Crippen LogP contribution >= 0.6 is 0 Å². The van der Waals surface area contributed by atoms with Crippen LogP contribution in [0.1, 0.15) is 65.8 Å². The lowest BCUT2D eigenvalue weighted by Crippen LogP contribution is -2.40. The van der Waals surface area contributed by atoms with E-state index in [1.807, 2.05) is 26.5 Å². The van der Waals surface area contributed by atoms with Gasteiger partial charge in [-0.15, -0.1) is 0 Å². The number of nitrogens with zero attached hydrogens (tertiary/aromatic N) is 6. The van der Waals surface area contributed by atoms with Crippen LogP contribution in [-0.4, -0.2) is 63.7 Å². The van der Waals surface area contributed by atoms with Gasteiger partial charge in [-0.2, -0.15) is 9.97 Å². The van der Waals surface area contributed by atoms with Crippen molar-refractivity contribution in [3.8, 4) is 0 Å². The Kier molecular flexibility index (Phi) is 8.11. The Morgan fingerprint density at radius 1 is 1.03 bits per heavy atom. The number of nitrogens with one attached hydrogen (secondary N) is 2. The number of benzene rings is 1. The third-order valence-corrected chi connectivity index (χ3v) is 7.00. The van der Waals surface area contributed by atoms with E-state index >= 15 is 0 Å². The third-order valence-electron chi connectivity index (χ3n) is 7.00. The molecular weight excluding hydrogens is 436 g/mol. The first kappa shape index (κ1) is 25.2. The maximum Gasteiger partial charge on any atom is 0.231 e. The summed E-state index contributed by atoms with van der Waals surface area (Å²) < 4.78 is 2.28. The number of hydrogen-bond donors (Lipinski definition) is 2. The minimum Gasteiger partial charge on any atom is -0.378 e. The van der Waals surface area contributed by atoms with Crippen LogP contribution in [0.3, 0.4) is 0 Å². The fourth-order valence-corrected chi connectivity index (χ4v) is 5.13. The zero-order valence-electron chi connectivity index (χ0n) is 22.3. The van der Waals surface area contributed by atoms with E-state index in [0.717, 1.165) is 41.4 Å². The number of rotatable bonds is 10. The van der Waals surface area contributed by atoms with Crippen LogP contribution in [0.4, 0.5) is 23.1 Å². The monoisotopic (exact) mass is 478 g/mol. The van der Waals surface area contributed by atoms with Crippen molar-refractivity contribution in [2.75, 3.05) is 42.7 Å². The van der Waals surface area contributed by atoms with Gasteiger partial charge in [0.25, 0.3) is 0 Å². The Morgan fingerprint density at radius 2 is 1.77 bits per heavy atom. The molecule has 1 saturated carbocycles. The molecule has 4 rings (SSSR count). The molecule has 0 unspecified atom stereocenters. The van der Waals surface area contributed by atoms with Crippen LogP contribution in [0.15, 0.2) is 30.6 Å². The van der Waals surface area contributed by atoms with Crippen molar-refractivity contribution < 1.29 is 0 Å². The van der Waals surface area contributed by atoms with Crippen LogP contribution in [0, 0.1) is 0 Å². The zero-order chi connectivity index (χ0) is 24.9. The Morgan fingerprint density at radius 3 is 2.46 bits per heavy atom. The van der Waals surface area contributed by atoms with Gasteiger partial charge in [-0.05, 0) is 58.7 Å². The predicted molar refractivity (Wildman–Crippen MR) is 147 cm³/mol. The van der Waals surface area contributed by atoms with Crippen molar-refractivity contribution in [2.24, 2.45) is 0 Å². The number of hydrogen-bond acceptors (Lipinski definition) is 7. The average molecular weight is 479 g/mol. The molecule has 190 valence electrons. The van der Waals surface area contributed by atoms with Crippen molar-refractivity contribution in [1.29, 1.82) is 0 Å². The standard InChI is InChI=1S/C27H42N8/c1-19(2)34(20(3)4)16-15-28-25-24-26(35(18-29-24)22-12-8-7-9-13-22)32-27(31-25)30-21-11-10-14-23(17-21)33(5)6/h10-11,14,17-20,22H,7-9,12-13,15-16H2,1-6H3,(H2,28,30,31,32). The predicted octanol–water partition coefficient (Wildman–Crippen LogP) is 5.67. The summed E-state index contributed by atoms with van der Waals surface area (Å²) in [7, 11) is 4.09. The minimum absolute atomic E-state index is 0.457. The van der Waals surface area contributed by atoms with Gasteiger partial charge in [0.1, 0.15) is 0 Å². The van der Waals surface area contributed by atoms with Gasteiger partial charge in [-0.25, -0.2) is 4.98 Å². The molecule has 0 amide bonds. The molecule has 1 aromatic carbocycles. The highest BCUT2D eigenvalue weighted by Gasteiger charge is 2.21. The molecule has 0 atom stereocenters. The maximum absolute atomic E-state index is 4.95. The van der Waals surface area contributed by atoms with Gasteiger partial charge in [-0.3, -0.25) is 4.90 Å². The number of aromatic nitrogens is 4. The summed E-state index contributed by atoms with van der Waals surface area (Å²) in [6.45, 7) is 10.7. The van der Waals surface area contributed by atoms with Gasteiger partial charge >= 0.3 is 0 Å². The molecule has 2 N–H and O–H groups in total. The summed E-state index contributed by atoms with van der Waals surface area (Å²) in [6.07, 6.45) is 8.19. The Bertz CT molecular complexity index is 1090. The van der Waals surface area contributed by atoms with Crippen LogP contribution in [0.2, 0.25) is 0 Å². The average Bonchev–Trinajstić information content (AvgIpc) is 3.26. The number of anilines is 4. The molecule has 8 nitrogen and oxygen atoms in total. The van der Waals surface area contributed by atoms with Crippen LogP contribution in [-0.2, 0) is 0 Å². The summed E-state index contributed by atoms with van der Waals surface area (Å²) in [5, 5.41) is 7.03. The number of imidazole rings is 1. The molecule has 0 saturated heterocycles. The molecule has 8 heteroatoms. The summed E-state index contributed by atoms with van der Waals surface area (Å²) in [5.74, 6) is 1.39. The first-order chi connectivity index (χ1) is 16.8. The van der Waals surface area contributed by atoms with E-state index in [-0.39, 0.29) is 0 Å². The second-order valence-electron chi connectivity index (χ2n) is 10.4. The largest absolute Gasteiger partial charge is 0.378 e. The fraction of sp³-hybridized carbons (Fsp3) is 0.593. The molecule has 35 heavy (non-hydrogen) atoms. The summed E-state index contributed by atoms with van der Waals surface area (Å²) >= 11 is 0. The quantitative estimate of drug-likeness (QED) is 0.389. The molecule has 0 aliphatic heterocycles. The van der Waals surface area contributed by atoms with E-state index in [9.17, 15) is 0 Å². The van der Waals surface area contributed by atoms with Gasteiger partial charge in [0.05, 0.1) is 6.33 Å². The zero-order valence-corrected chi connectivity index (χ0v) is 22.3. The Balaban J connectivity index is 1.64. The maximum atomic E-state index is 4.95. The van der Waals surface area contributed by atoms with E-state index in [1.54, 1.807) is 0 Å². The molecule has 1 fully saturated rings. The normalized spacial score (nSPS) is 14.9. The van der Waals surface area contributed by atoms with Crippen molar-refractivity contribution in [1.82, 2.24) is 24.4 Å². The van der Waals surface area contributed by atoms with Gasteiger partial charge < -0.3 is 20.1 Å². The van der Waals surface area contributed by atoms with E-state index in [1.165, 1.54) is 32.1 Å². The first-order valence-corrected chi connectivity index (χ1v) is 13.1. The second-order valence-corrected chi connectivity index (χ2v) is 10.4. The van der Waals surface area contributed by atoms with Gasteiger partial charge in [0, 0.05) is 56.7 Å². The molecule has 1 aliphatic rings. The molecular formula is C27H42N8. The SMILES string of the molecule is CC(C)N(CCNc1nc(Nc2cccc(N(C)C)c2)nc2c1ncn2C1CCCCC1)C(C)C. The summed E-state index contributed by atoms with van der Waals surface area (Å²) in [5.41, 5.74) is 3.86. The smallest absolute Gasteiger partial charge is 0.231 e. The van der Waals surface area contributed by atoms with Gasteiger partial charge in [0.15, 0.2) is 17.0 Å². The lowest BCUT2D eigenvalue weighted by atomic mass is 9.95. The highest BCUT2D eigenvalue weighted by Crippen LogP contribution is 2.32. The van der Waals surface area contributed by atoms with Gasteiger partial charge in [-0.1, -0.05) is 25.3 Å². The lowest BCUT2D eigenvalue weighted by Gasteiger charge is -2.30. The first-order valence-electron chi connectivity index (χ1n) is 13.1. The van der Waals surface area contributed by atoms with E-state index in [0.29, 0.717) is 24.1 Å². The van der Waals surface area contributed by atoms with Gasteiger partial charge in [0.2, 0.25) is 5.95 Å². The van der Waals surface area contributed by atoms with Crippen LogP contribution < -0.4 is 15.5 Å². The molecule has 2 heterocycles. The van der Waals surface area contributed by atoms with E-state index in [2.05, 4.69) is 70.9 Å². The Labute approximate surface area is 210 Å². The topological polar surface area (TPSA) is 74.1 Å². The molecule has 0 spiro atoms. The highest BCUT2D eigenvalue weighted by molar-refractivity contribution is 5.85. The van der Waals surface area contributed by atoms with Crippen LogP contribution in [0.25, 0.3) is 11.2 Å².